The van der Waals surface area contributed by atoms with Crippen LogP contribution in [0, 0.1) is 5.92 Å². The summed E-state index contributed by atoms with van der Waals surface area (Å²) in [6.07, 6.45) is 10.0. The highest BCUT2D eigenvalue weighted by atomic mass is 33.1. The molecule has 0 saturated heterocycles. The third-order valence-corrected chi connectivity index (χ3v) is 5.40. The summed E-state index contributed by atoms with van der Waals surface area (Å²) < 4.78 is 14.3. The number of carbonyl (C=O) groups excluding carboxylic acids is 2. The summed E-state index contributed by atoms with van der Waals surface area (Å²) in [4.78, 5) is 22.0. The molecule has 0 spiro atoms. The van der Waals surface area contributed by atoms with Gasteiger partial charge in [0.2, 0.25) is 5.76 Å². The van der Waals surface area contributed by atoms with E-state index < -0.39 is 5.97 Å². The molecule has 0 aliphatic rings. The molecule has 1 aromatic heterocycles. The van der Waals surface area contributed by atoms with Gasteiger partial charge in [-0.3, -0.25) is 4.79 Å². The quantitative estimate of drug-likeness (QED) is 0.146. The van der Waals surface area contributed by atoms with Gasteiger partial charge >= 0.3 is 11.9 Å². The molecule has 5 nitrogen and oxygen atoms in total. The maximum Gasteiger partial charge on any atom is 0.374 e. The van der Waals surface area contributed by atoms with Gasteiger partial charge in [-0.05, 0) is 25.0 Å². The van der Waals surface area contributed by atoms with E-state index in [1.165, 1.54) is 12.3 Å². The van der Waals surface area contributed by atoms with Crippen LogP contribution in [-0.2, 0) is 14.3 Å². The number of esters is 2. The van der Waals surface area contributed by atoms with Gasteiger partial charge in [-0.25, -0.2) is 4.79 Å². The molecule has 0 aliphatic carbocycles. The molecule has 0 radical (unpaired) electrons. The van der Waals surface area contributed by atoms with E-state index in [0.29, 0.717) is 6.61 Å². The van der Waals surface area contributed by atoms with Crippen molar-refractivity contribution in [3.63, 3.8) is 0 Å². The Kier molecular flexibility index (Phi) is 23.2. The third kappa shape index (κ3) is 17.9. The second-order valence-electron chi connectivity index (χ2n) is 5.44. The maximum atomic E-state index is 11.1. The average molecular weight is 455 g/mol. The zero-order chi connectivity index (χ0) is 23.0. The lowest BCUT2D eigenvalue weighted by molar-refractivity contribution is -0.147. The second kappa shape index (κ2) is 23.2. The molecule has 7 heteroatoms. The molecule has 168 valence electrons. The Bertz CT molecular complexity index is 583. The summed E-state index contributed by atoms with van der Waals surface area (Å²) in [7, 11) is 3.61. The summed E-state index contributed by atoms with van der Waals surface area (Å²) in [6.45, 7) is 18.6. The van der Waals surface area contributed by atoms with Crippen LogP contribution in [0.25, 0.3) is 0 Å². The maximum absolute atomic E-state index is 11.1. The van der Waals surface area contributed by atoms with E-state index in [1.54, 1.807) is 39.8 Å². The van der Waals surface area contributed by atoms with Crippen LogP contribution >= 0.6 is 21.6 Å². The van der Waals surface area contributed by atoms with Gasteiger partial charge < -0.3 is 13.9 Å². The molecule has 0 fully saturated rings. The number of hydrogen-bond donors (Lipinski definition) is 0. The highest BCUT2D eigenvalue weighted by molar-refractivity contribution is 8.76. The average Bonchev–Trinajstić information content (AvgIpc) is 3.30. The molecule has 0 saturated carbocycles. The van der Waals surface area contributed by atoms with E-state index in [0.717, 1.165) is 24.3 Å². The van der Waals surface area contributed by atoms with Gasteiger partial charge in [-0.1, -0.05) is 72.9 Å². The molecule has 0 aliphatic heterocycles. The number of ether oxygens (including phenoxy) is 2. The van der Waals surface area contributed by atoms with Gasteiger partial charge in [0.25, 0.3) is 0 Å². The van der Waals surface area contributed by atoms with E-state index in [9.17, 15) is 9.59 Å². The highest BCUT2D eigenvalue weighted by Gasteiger charge is 2.14. The molecular formula is C23H34O5S2. The molecule has 0 atom stereocenters. The summed E-state index contributed by atoms with van der Waals surface area (Å²) in [5, 5.41) is 0. The van der Waals surface area contributed by atoms with Crippen molar-refractivity contribution in [3.05, 3.63) is 74.8 Å². The fourth-order valence-electron chi connectivity index (χ4n) is 1.67. The monoisotopic (exact) mass is 454 g/mol. The Morgan fingerprint density at radius 2 is 1.50 bits per heavy atom. The van der Waals surface area contributed by atoms with Crippen molar-refractivity contribution in [1.82, 2.24) is 0 Å². The van der Waals surface area contributed by atoms with Crippen molar-refractivity contribution in [2.45, 2.75) is 26.7 Å². The number of carbonyl (C=O) groups is 2. The Balaban J connectivity index is 0. The van der Waals surface area contributed by atoms with Crippen LogP contribution in [0.15, 0.2) is 73.4 Å². The van der Waals surface area contributed by atoms with Crippen molar-refractivity contribution in [1.29, 1.82) is 0 Å². The van der Waals surface area contributed by atoms with Crippen LogP contribution in [0.3, 0.4) is 0 Å². The molecule has 0 unspecified atom stereocenters. The molecule has 0 bridgehead atoms. The van der Waals surface area contributed by atoms with Crippen LogP contribution in [0.5, 0.6) is 0 Å². The van der Waals surface area contributed by atoms with Gasteiger partial charge in [0.15, 0.2) is 0 Å². The first-order valence-corrected chi connectivity index (χ1v) is 12.1. The second-order valence-corrected chi connectivity index (χ2v) is 8.00. The molecule has 0 aromatic carbocycles. The van der Waals surface area contributed by atoms with Crippen LogP contribution in [-0.4, -0.2) is 36.7 Å². The topological polar surface area (TPSA) is 65.7 Å². The van der Waals surface area contributed by atoms with Crippen molar-refractivity contribution in [3.8, 4) is 0 Å². The summed E-state index contributed by atoms with van der Waals surface area (Å²) in [5.41, 5.74) is 0. The molecule has 1 rings (SSSR count). The lowest BCUT2D eigenvalue weighted by Crippen LogP contribution is -2.16. The van der Waals surface area contributed by atoms with Crippen molar-refractivity contribution >= 4 is 33.5 Å². The van der Waals surface area contributed by atoms with E-state index in [2.05, 4.69) is 31.1 Å². The van der Waals surface area contributed by atoms with Crippen LogP contribution < -0.4 is 0 Å². The first-order chi connectivity index (χ1) is 14.5. The molecular weight excluding hydrogens is 420 g/mol. The highest BCUT2D eigenvalue weighted by Crippen LogP contribution is 2.20. The minimum absolute atomic E-state index is 0.0648. The summed E-state index contributed by atoms with van der Waals surface area (Å²) in [5.74, 6) is 1.77. The summed E-state index contributed by atoms with van der Waals surface area (Å²) in [6, 6.07) is 3.18. The fraction of sp³-hybridized carbons (Fsp3) is 0.391. The largest absolute Gasteiger partial charge is 0.461 e. The van der Waals surface area contributed by atoms with Gasteiger partial charge in [0, 0.05) is 11.5 Å². The van der Waals surface area contributed by atoms with E-state index in [4.69, 9.17) is 9.15 Å². The van der Waals surface area contributed by atoms with Crippen molar-refractivity contribution < 1.29 is 23.5 Å². The van der Waals surface area contributed by atoms with Crippen molar-refractivity contribution in [2.24, 2.45) is 5.92 Å². The number of rotatable bonds is 13. The minimum atomic E-state index is -0.463. The number of hydrogen-bond acceptors (Lipinski definition) is 7. The van der Waals surface area contributed by atoms with E-state index >= 15 is 0 Å². The SMILES string of the molecule is C=CCOC(=O)C(CC)CC.C=CCOC(=O)c1ccco1.C=CCSSCC=C. The van der Waals surface area contributed by atoms with Crippen molar-refractivity contribution in [2.75, 3.05) is 24.7 Å². The van der Waals surface area contributed by atoms with Gasteiger partial charge in [-0.15, -0.1) is 13.2 Å². The molecule has 1 aromatic rings. The lowest BCUT2D eigenvalue weighted by atomic mass is 10.0. The van der Waals surface area contributed by atoms with Gasteiger partial charge in [0.1, 0.15) is 13.2 Å². The van der Waals surface area contributed by atoms with Gasteiger partial charge in [0.05, 0.1) is 12.2 Å². The van der Waals surface area contributed by atoms with Gasteiger partial charge in [-0.2, -0.15) is 0 Å². The van der Waals surface area contributed by atoms with Crippen LogP contribution in [0.4, 0.5) is 0 Å². The Labute approximate surface area is 189 Å². The normalized spacial score (nSPS) is 9.17. The Hall–Kier alpha value is -2.12. The number of furan rings is 1. The third-order valence-electron chi connectivity index (χ3n) is 3.17. The Morgan fingerprint density at radius 1 is 0.967 bits per heavy atom. The minimum Gasteiger partial charge on any atom is -0.461 e. The predicted molar refractivity (Wildman–Crippen MR) is 130 cm³/mol. The first-order valence-electron chi connectivity index (χ1n) is 9.57. The first kappa shape index (κ1) is 30.1. The van der Waals surface area contributed by atoms with E-state index in [-0.39, 0.29) is 24.3 Å². The van der Waals surface area contributed by atoms with E-state index in [1.807, 2.05) is 26.0 Å². The molecule has 1 heterocycles. The van der Waals surface area contributed by atoms with Crippen LogP contribution in [0.2, 0.25) is 0 Å². The summed E-state index contributed by atoms with van der Waals surface area (Å²) >= 11 is 0. The lowest BCUT2D eigenvalue weighted by Gasteiger charge is -2.09. The Morgan fingerprint density at radius 3 is 1.90 bits per heavy atom. The predicted octanol–water partition coefficient (Wildman–Crippen LogP) is 6.51. The molecule has 30 heavy (non-hydrogen) atoms. The standard InChI is InChI=1S/C9H16O2.C8H8O3.C6H10S2/c1-4-7-11-9(10)8(5-2)6-3;1-2-5-11-8(9)7-4-3-6-10-7;1-3-5-7-8-6-4-2/h4,8H,1,5-7H2,2-3H3;2-4,6H,1,5H2;3-4H,1-2,5-6H2. The molecule has 0 amide bonds. The molecule has 0 N–H and O–H groups in total. The zero-order valence-electron chi connectivity index (χ0n) is 18.0. The zero-order valence-corrected chi connectivity index (χ0v) is 19.7. The fourth-order valence-corrected chi connectivity index (χ4v) is 3.21. The smallest absolute Gasteiger partial charge is 0.374 e. The van der Waals surface area contributed by atoms with Crippen LogP contribution in [0.1, 0.15) is 37.2 Å².